The highest BCUT2D eigenvalue weighted by molar-refractivity contribution is 5.95. The Labute approximate surface area is 112 Å². The van der Waals surface area contributed by atoms with E-state index in [1.165, 1.54) is 11.0 Å². The van der Waals surface area contributed by atoms with Crippen molar-refractivity contribution in [1.29, 1.82) is 0 Å². The molecule has 0 aliphatic rings. The van der Waals surface area contributed by atoms with Crippen LogP contribution >= 0.6 is 0 Å². The van der Waals surface area contributed by atoms with Crippen LogP contribution in [0.1, 0.15) is 19.8 Å². The average Bonchev–Trinajstić information content (AvgIpc) is 2.28. The van der Waals surface area contributed by atoms with Crippen LogP contribution in [0.5, 0.6) is 0 Å². The highest BCUT2D eigenvalue weighted by Crippen LogP contribution is 1.89. The standard InChI is InChI=1S/C12H21N3O4/c1-3-5-6-13-12(19)14-10(16)8-15(7-4-2)9-11(17)18/h4H,2-3,5-9H2,1H3,(H,17,18)(H2,13,14,16,19). The van der Waals surface area contributed by atoms with Gasteiger partial charge in [0.15, 0.2) is 0 Å². The van der Waals surface area contributed by atoms with Crippen LogP contribution < -0.4 is 10.6 Å². The molecule has 0 aliphatic carbocycles. The first-order chi connectivity index (χ1) is 8.99. The molecule has 0 saturated heterocycles. The fraction of sp³-hybridized carbons (Fsp3) is 0.583. The molecule has 0 heterocycles. The van der Waals surface area contributed by atoms with E-state index in [9.17, 15) is 14.4 Å². The first kappa shape index (κ1) is 17.1. The first-order valence-corrected chi connectivity index (χ1v) is 6.12. The Hall–Kier alpha value is -1.89. The minimum absolute atomic E-state index is 0.167. The predicted molar refractivity (Wildman–Crippen MR) is 70.7 cm³/mol. The van der Waals surface area contributed by atoms with Gasteiger partial charge in [0, 0.05) is 13.1 Å². The van der Waals surface area contributed by atoms with Gasteiger partial charge in [0.05, 0.1) is 13.1 Å². The molecular formula is C12H21N3O4. The fourth-order valence-electron chi connectivity index (χ4n) is 1.35. The number of urea groups is 1. The van der Waals surface area contributed by atoms with E-state index in [1.807, 2.05) is 6.92 Å². The maximum absolute atomic E-state index is 11.5. The van der Waals surface area contributed by atoms with Crippen LogP contribution in [0.3, 0.4) is 0 Å². The number of amides is 3. The molecule has 108 valence electrons. The van der Waals surface area contributed by atoms with Gasteiger partial charge in [-0.3, -0.25) is 19.8 Å². The van der Waals surface area contributed by atoms with Crippen LogP contribution in [0, 0.1) is 0 Å². The van der Waals surface area contributed by atoms with E-state index in [1.54, 1.807) is 0 Å². The molecule has 0 atom stereocenters. The SMILES string of the molecule is C=CCN(CC(=O)O)CC(=O)NC(=O)NCCCC. The number of hydrogen-bond acceptors (Lipinski definition) is 4. The van der Waals surface area contributed by atoms with Crippen LogP contribution in [-0.2, 0) is 9.59 Å². The fourth-order valence-corrected chi connectivity index (χ4v) is 1.35. The second-order valence-corrected chi connectivity index (χ2v) is 4.01. The van der Waals surface area contributed by atoms with E-state index in [4.69, 9.17) is 5.11 Å². The van der Waals surface area contributed by atoms with Crippen molar-refractivity contribution in [2.45, 2.75) is 19.8 Å². The van der Waals surface area contributed by atoms with Crippen molar-refractivity contribution in [3.63, 3.8) is 0 Å². The van der Waals surface area contributed by atoms with Crippen LogP contribution in [0.2, 0.25) is 0 Å². The van der Waals surface area contributed by atoms with E-state index < -0.39 is 17.9 Å². The van der Waals surface area contributed by atoms with Crippen molar-refractivity contribution in [2.24, 2.45) is 0 Å². The van der Waals surface area contributed by atoms with Crippen LogP contribution in [0.25, 0.3) is 0 Å². The monoisotopic (exact) mass is 271 g/mol. The average molecular weight is 271 g/mol. The maximum Gasteiger partial charge on any atom is 0.321 e. The molecule has 0 aromatic carbocycles. The van der Waals surface area contributed by atoms with Crippen molar-refractivity contribution in [1.82, 2.24) is 15.5 Å². The molecule has 3 N–H and O–H groups in total. The molecule has 0 aromatic heterocycles. The Morgan fingerprint density at radius 3 is 2.53 bits per heavy atom. The molecule has 3 amide bonds. The normalized spacial score (nSPS) is 10.0. The van der Waals surface area contributed by atoms with Crippen LogP contribution in [0.4, 0.5) is 4.79 Å². The summed E-state index contributed by atoms with van der Waals surface area (Å²) in [5, 5.41) is 13.3. The molecule has 7 nitrogen and oxygen atoms in total. The van der Waals surface area contributed by atoms with Crippen molar-refractivity contribution >= 4 is 17.9 Å². The van der Waals surface area contributed by atoms with E-state index in [2.05, 4.69) is 17.2 Å². The van der Waals surface area contributed by atoms with E-state index >= 15 is 0 Å². The number of hydrogen-bond donors (Lipinski definition) is 3. The number of nitrogens with zero attached hydrogens (tertiary/aromatic N) is 1. The molecule has 0 aromatic rings. The zero-order valence-corrected chi connectivity index (χ0v) is 11.1. The molecule has 7 heteroatoms. The zero-order valence-electron chi connectivity index (χ0n) is 11.1. The lowest BCUT2D eigenvalue weighted by molar-refractivity contribution is -0.138. The summed E-state index contributed by atoms with van der Waals surface area (Å²) in [7, 11) is 0. The van der Waals surface area contributed by atoms with Crippen molar-refractivity contribution in [2.75, 3.05) is 26.2 Å². The maximum atomic E-state index is 11.5. The summed E-state index contributed by atoms with van der Waals surface area (Å²) in [6.07, 6.45) is 3.28. The molecule has 0 aliphatic heterocycles. The molecule has 0 spiro atoms. The summed E-state index contributed by atoms with van der Waals surface area (Å²) in [5.74, 6) is -1.58. The molecule has 0 saturated carbocycles. The Kier molecular flexibility index (Phi) is 9.07. The third kappa shape index (κ3) is 9.78. The van der Waals surface area contributed by atoms with Crippen LogP contribution in [-0.4, -0.2) is 54.1 Å². The zero-order chi connectivity index (χ0) is 14.7. The van der Waals surface area contributed by atoms with Crippen molar-refractivity contribution < 1.29 is 19.5 Å². The van der Waals surface area contributed by atoms with Gasteiger partial charge in [-0.05, 0) is 6.42 Å². The highest BCUT2D eigenvalue weighted by Gasteiger charge is 2.14. The Morgan fingerprint density at radius 1 is 1.32 bits per heavy atom. The topological polar surface area (TPSA) is 98.7 Å². The lowest BCUT2D eigenvalue weighted by atomic mass is 10.3. The van der Waals surface area contributed by atoms with Gasteiger partial charge in [-0.25, -0.2) is 4.79 Å². The van der Waals surface area contributed by atoms with Gasteiger partial charge >= 0.3 is 12.0 Å². The van der Waals surface area contributed by atoms with Crippen molar-refractivity contribution in [3.8, 4) is 0 Å². The van der Waals surface area contributed by atoms with E-state index in [-0.39, 0.29) is 19.6 Å². The largest absolute Gasteiger partial charge is 0.480 e. The summed E-state index contributed by atoms with van der Waals surface area (Å²) in [6.45, 7) is 5.78. The smallest absolute Gasteiger partial charge is 0.321 e. The number of nitrogens with one attached hydrogen (secondary N) is 2. The summed E-state index contributed by atoms with van der Waals surface area (Å²) in [6, 6.07) is -0.563. The first-order valence-electron chi connectivity index (χ1n) is 6.12. The third-order valence-corrected chi connectivity index (χ3v) is 2.18. The number of carbonyl (C=O) groups is 3. The number of unbranched alkanes of at least 4 members (excludes halogenated alkanes) is 1. The summed E-state index contributed by atoms with van der Waals surface area (Å²) in [5.41, 5.74) is 0. The number of carboxylic acid groups (broad SMARTS) is 1. The molecular weight excluding hydrogens is 250 g/mol. The van der Waals surface area contributed by atoms with Crippen molar-refractivity contribution in [3.05, 3.63) is 12.7 Å². The second kappa shape index (κ2) is 10.1. The molecule has 0 radical (unpaired) electrons. The second-order valence-electron chi connectivity index (χ2n) is 4.01. The number of carboxylic acids is 1. The minimum atomic E-state index is -1.04. The Morgan fingerprint density at radius 2 is 2.00 bits per heavy atom. The molecule has 0 bridgehead atoms. The lowest BCUT2D eigenvalue weighted by Gasteiger charge is -2.17. The van der Waals surface area contributed by atoms with Gasteiger partial charge < -0.3 is 10.4 Å². The van der Waals surface area contributed by atoms with Gasteiger partial charge in [0.1, 0.15) is 0 Å². The van der Waals surface area contributed by atoms with Gasteiger partial charge in [0.25, 0.3) is 0 Å². The van der Waals surface area contributed by atoms with Gasteiger partial charge in [-0.15, -0.1) is 6.58 Å². The number of aliphatic carboxylic acids is 1. The summed E-state index contributed by atoms with van der Waals surface area (Å²) in [4.78, 5) is 34.7. The molecule has 19 heavy (non-hydrogen) atoms. The van der Waals surface area contributed by atoms with E-state index in [0.29, 0.717) is 6.54 Å². The molecule has 0 fully saturated rings. The van der Waals surface area contributed by atoms with E-state index in [0.717, 1.165) is 12.8 Å². The quantitative estimate of drug-likeness (QED) is 0.410. The number of carbonyl (C=O) groups excluding carboxylic acids is 2. The Bertz CT molecular complexity index is 331. The lowest BCUT2D eigenvalue weighted by Crippen LogP contribution is -2.45. The minimum Gasteiger partial charge on any atom is -0.480 e. The van der Waals surface area contributed by atoms with Gasteiger partial charge in [-0.1, -0.05) is 19.4 Å². The van der Waals surface area contributed by atoms with Crippen LogP contribution in [0.15, 0.2) is 12.7 Å². The highest BCUT2D eigenvalue weighted by atomic mass is 16.4. The Balaban J connectivity index is 4.07. The molecule has 0 unspecified atom stereocenters. The number of rotatable bonds is 9. The van der Waals surface area contributed by atoms with Gasteiger partial charge in [0.2, 0.25) is 5.91 Å². The molecule has 0 rings (SSSR count). The summed E-state index contributed by atoms with van der Waals surface area (Å²) >= 11 is 0. The van der Waals surface area contributed by atoms with Gasteiger partial charge in [-0.2, -0.15) is 0 Å². The summed E-state index contributed by atoms with van der Waals surface area (Å²) < 4.78 is 0. The third-order valence-electron chi connectivity index (χ3n) is 2.18. The predicted octanol–water partition coefficient (Wildman–Crippen LogP) is 0.185. The number of imide groups is 1.